The van der Waals surface area contributed by atoms with Crippen molar-refractivity contribution in [2.24, 2.45) is 0 Å². The molecule has 0 radical (unpaired) electrons. The zero-order valence-corrected chi connectivity index (χ0v) is 13.0. The van der Waals surface area contributed by atoms with Crippen LogP contribution in [-0.4, -0.2) is 52.6 Å². The van der Waals surface area contributed by atoms with Crippen LogP contribution in [0.1, 0.15) is 43.2 Å². The van der Waals surface area contributed by atoms with Crippen molar-refractivity contribution in [2.75, 3.05) is 26.4 Å². The molecule has 6 nitrogen and oxygen atoms in total. The lowest BCUT2D eigenvalue weighted by Crippen LogP contribution is -2.53. The van der Waals surface area contributed by atoms with Crippen LogP contribution in [0, 0.1) is 0 Å². The van der Waals surface area contributed by atoms with Crippen LogP contribution >= 0.6 is 0 Å². The maximum absolute atomic E-state index is 13.4. The van der Waals surface area contributed by atoms with Crippen molar-refractivity contribution in [3.63, 3.8) is 0 Å². The Kier molecular flexibility index (Phi) is 5.12. The highest BCUT2D eigenvalue weighted by Crippen LogP contribution is 2.26. The summed E-state index contributed by atoms with van der Waals surface area (Å²) in [5.41, 5.74) is -0.864. The molecule has 1 fully saturated rings. The first-order chi connectivity index (χ1) is 10.4. The average molecular weight is 317 g/mol. The van der Waals surface area contributed by atoms with Crippen molar-refractivity contribution in [2.45, 2.75) is 39.4 Å². The lowest BCUT2D eigenvalue weighted by molar-refractivity contribution is -0.0688. The summed E-state index contributed by atoms with van der Waals surface area (Å²) in [5, 5.41) is 3.95. The second-order valence-corrected chi connectivity index (χ2v) is 5.73. The minimum atomic E-state index is -2.80. The van der Waals surface area contributed by atoms with Gasteiger partial charge in [-0.1, -0.05) is 0 Å². The highest BCUT2D eigenvalue weighted by molar-refractivity contribution is 5.90. The van der Waals surface area contributed by atoms with Gasteiger partial charge in [-0.3, -0.25) is 4.90 Å². The molecule has 0 bridgehead atoms. The third kappa shape index (κ3) is 3.44. The standard InChI is InChI=1S/C14H21F2N3O3/c1-4-22-13(20)10-7-17-19(11(10)12(15)16)9-18-5-6-21-8-14(18,2)3/h7,12H,4-6,8-9H2,1-3H3. The molecule has 0 aromatic carbocycles. The van der Waals surface area contributed by atoms with E-state index in [2.05, 4.69) is 5.10 Å². The van der Waals surface area contributed by atoms with E-state index in [-0.39, 0.29) is 24.4 Å². The molecular formula is C14H21F2N3O3. The van der Waals surface area contributed by atoms with Gasteiger partial charge in [-0.15, -0.1) is 0 Å². The Morgan fingerprint density at radius 2 is 2.27 bits per heavy atom. The second-order valence-electron chi connectivity index (χ2n) is 5.73. The summed E-state index contributed by atoms with van der Waals surface area (Å²) in [6, 6.07) is 0. The van der Waals surface area contributed by atoms with E-state index in [1.165, 1.54) is 4.68 Å². The quantitative estimate of drug-likeness (QED) is 0.778. The first-order valence-electron chi connectivity index (χ1n) is 7.20. The van der Waals surface area contributed by atoms with Crippen LogP contribution < -0.4 is 0 Å². The normalized spacial score (nSPS) is 18.6. The van der Waals surface area contributed by atoms with Crippen molar-refractivity contribution in [3.8, 4) is 0 Å². The Morgan fingerprint density at radius 1 is 1.55 bits per heavy atom. The smallest absolute Gasteiger partial charge is 0.341 e. The highest BCUT2D eigenvalue weighted by Gasteiger charge is 2.33. The predicted molar refractivity (Wildman–Crippen MR) is 74.7 cm³/mol. The summed E-state index contributed by atoms with van der Waals surface area (Å²) in [7, 11) is 0. The van der Waals surface area contributed by atoms with E-state index >= 15 is 0 Å². The van der Waals surface area contributed by atoms with E-state index in [4.69, 9.17) is 9.47 Å². The Labute approximate surface area is 128 Å². The molecule has 0 saturated carbocycles. The Morgan fingerprint density at radius 3 is 2.86 bits per heavy atom. The fourth-order valence-corrected chi connectivity index (χ4v) is 2.42. The summed E-state index contributed by atoms with van der Waals surface area (Å²) in [6.07, 6.45) is -1.65. The highest BCUT2D eigenvalue weighted by atomic mass is 19.3. The number of carbonyl (C=O) groups excluding carboxylic acids is 1. The summed E-state index contributed by atoms with van der Waals surface area (Å²) in [5.74, 6) is -0.773. The van der Waals surface area contributed by atoms with Crippen LogP contribution in [0.5, 0.6) is 0 Å². The monoisotopic (exact) mass is 317 g/mol. The van der Waals surface area contributed by atoms with Gasteiger partial charge in [0.05, 0.1) is 32.7 Å². The molecular weight excluding hydrogens is 296 g/mol. The SMILES string of the molecule is CCOC(=O)c1cnn(CN2CCOCC2(C)C)c1C(F)F. The molecule has 0 spiro atoms. The Balaban J connectivity index is 2.25. The fraction of sp³-hybridized carbons (Fsp3) is 0.714. The number of ether oxygens (including phenoxy) is 2. The number of halogens is 2. The summed E-state index contributed by atoms with van der Waals surface area (Å²) >= 11 is 0. The van der Waals surface area contributed by atoms with Gasteiger partial charge in [0.1, 0.15) is 11.3 Å². The van der Waals surface area contributed by atoms with E-state index in [1.54, 1.807) is 6.92 Å². The van der Waals surface area contributed by atoms with Gasteiger partial charge in [-0.25, -0.2) is 18.3 Å². The zero-order valence-electron chi connectivity index (χ0n) is 13.0. The number of morpholine rings is 1. The van der Waals surface area contributed by atoms with E-state index in [0.29, 0.717) is 19.8 Å². The average Bonchev–Trinajstić information content (AvgIpc) is 2.85. The third-order valence-electron chi connectivity index (χ3n) is 3.70. The molecule has 1 saturated heterocycles. The van der Waals surface area contributed by atoms with Crippen molar-refractivity contribution < 1.29 is 23.0 Å². The van der Waals surface area contributed by atoms with Gasteiger partial charge in [-0.2, -0.15) is 5.10 Å². The molecule has 124 valence electrons. The van der Waals surface area contributed by atoms with Crippen molar-refractivity contribution >= 4 is 5.97 Å². The minimum Gasteiger partial charge on any atom is -0.462 e. The predicted octanol–water partition coefficient (Wildman–Crippen LogP) is 2.07. The Hall–Kier alpha value is -1.54. The molecule has 1 aliphatic rings. The third-order valence-corrected chi connectivity index (χ3v) is 3.70. The summed E-state index contributed by atoms with van der Waals surface area (Å²) in [6.45, 7) is 7.56. The number of hydrogen-bond donors (Lipinski definition) is 0. The van der Waals surface area contributed by atoms with Crippen LogP contribution in [0.3, 0.4) is 0 Å². The number of alkyl halides is 2. The minimum absolute atomic E-state index is 0.128. The van der Waals surface area contributed by atoms with Crippen LogP contribution in [0.25, 0.3) is 0 Å². The molecule has 2 heterocycles. The van der Waals surface area contributed by atoms with E-state index in [0.717, 1.165) is 6.20 Å². The van der Waals surface area contributed by atoms with E-state index < -0.39 is 18.1 Å². The molecule has 0 aliphatic carbocycles. The Bertz CT molecular complexity index is 531. The number of aromatic nitrogens is 2. The second kappa shape index (κ2) is 6.70. The van der Waals surface area contributed by atoms with Gasteiger partial charge in [0.15, 0.2) is 0 Å². The molecule has 22 heavy (non-hydrogen) atoms. The molecule has 1 aliphatic heterocycles. The van der Waals surface area contributed by atoms with Crippen molar-refractivity contribution in [1.29, 1.82) is 0 Å². The van der Waals surface area contributed by atoms with Crippen molar-refractivity contribution in [3.05, 3.63) is 17.5 Å². The van der Waals surface area contributed by atoms with Gasteiger partial charge in [0, 0.05) is 12.1 Å². The molecule has 1 aromatic heterocycles. The van der Waals surface area contributed by atoms with Gasteiger partial charge in [-0.05, 0) is 20.8 Å². The van der Waals surface area contributed by atoms with Gasteiger partial charge < -0.3 is 9.47 Å². The lowest BCUT2D eigenvalue weighted by Gasteiger charge is -2.42. The first-order valence-corrected chi connectivity index (χ1v) is 7.20. The van der Waals surface area contributed by atoms with Gasteiger partial charge >= 0.3 is 5.97 Å². The van der Waals surface area contributed by atoms with Gasteiger partial charge in [0.2, 0.25) is 0 Å². The van der Waals surface area contributed by atoms with Gasteiger partial charge in [0.25, 0.3) is 6.43 Å². The van der Waals surface area contributed by atoms with E-state index in [9.17, 15) is 13.6 Å². The van der Waals surface area contributed by atoms with E-state index in [1.807, 2.05) is 18.7 Å². The first kappa shape index (κ1) is 16.8. The molecule has 8 heteroatoms. The maximum Gasteiger partial charge on any atom is 0.341 e. The zero-order chi connectivity index (χ0) is 16.3. The molecule has 1 aromatic rings. The molecule has 0 unspecified atom stereocenters. The molecule has 0 atom stereocenters. The molecule has 2 rings (SSSR count). The van der Waals surface area contributed by atoms with Crippen LogP contribution in [0.2, 0.25) is 0 Å². The largest absolute Gasteiger partial charge is 0.462 e. The summed E-state index contributed by atoms with van der Waals surface area (Å²) in [4.78, 5) is 13.8. The fourth-order valence-electron chi connectivity index (χ4n) is 2.42. The lowest BCUT2D eigenvalue weighted by atomic mass is 10.0. The number of carbonyl (C=O) groups is 1. The van der Waals surface area contributed by atoms with Crippen LogP contribution in [-0.2, 0) is 16.1 Å². The molecule has 0 amide bonds. The maximum atomic E-state index is 13.4. The molecule has 0 N–H and O–H groups in total. The number of esters is 1. The number of hydrogen-bond acceptors (Lipinski definition) is 5. The van der Waals surface area contributed by atoms with Crippen LogP contribution in [0.15, 0.2) is 6.20 Å². The number of rotatable bonds is 5. The topological polar surface area (TPSA) is 56.6 Å². The van der Waals surface area contributed by atoms with Crippen molar-refractivity contribution in [1.82, 2.24) is 14.7 Å². The summed E-state index contributed by atoms with van der Waals surface area (Å²) < 4.78 is 38.1. The van der Waals surface area contributed by atoms with Crippen LogP contribution in [0.4, 0.5) is 8.78 Å². The number of nitrogens with zero attached hydrogens (tertiary/aromatic N) is 3.